The molecular formula is C33H27F2N7O3S. The molecular weight excluding hydrogens is 612 g/mol. The molecule has 0 unspecified atom stereocenters. The van der Waals surface area contributed by atoms with Crippen LogP contribution < -0.4 is 10.1 Å². The van der Waals surface area contributed by atoms with Crippen LogP contribution >= 0.6 is 11.3 Å². The maximum absolute atomic E-state index is 15.9. The fraction of sp³-hybridized carbons (Fsp3) is 0.182. The molecule has 2 N–H and O–H groups in total. The van der Waals surface area contributed by atoms with E-state index in [0.29, 0.717) is 54.9 Å². The molecule has 0 saturated carbocycles. The molecule has 1 amide bonds. The number of carbonyl (C=O) groups excluding carboxylic acids is 1. The molecule has 0 radical (unpaired) electrons. The number of ether oxygens (including phenoxy) is 2. The van der Waals surface area contributed by atoms with Crippen LogP contribution in [0.2, 0.25) is 0 Å². The lowest BCUT2D eigenvalue weighted by atomic mass is 9.96. The minimum absolute atomic E-state index is 0.0139. The van der Waals surface area contributed by atoms with Crippen molar-refractivity contribution in [1.29, 1.82) is 5.26 Å². The Morgan fingerprint density at radius 3 is 2.80 bits per heavy atom. The van der Waals surface area contributed by atoms with Gasteiger partial charge in [-0.15, -0.1) is 11.3 Å². The molecule has 0 aliphatic heterocycles. The highest BCUT2D eigenvalue weighted by Crippen LogP contribution is 2.47. The number of fused-ring (bicyclic) bond motifs is 2. The standard InChI is InChI=1S/C33H27F2N7O3S/c1-5-27(43)38-17(2)24-13-25(41-40-24)31-29(28-23(35)11-20(34)12-26(28)45-8-7-44-4)32-21(6-9-46-32)30(39-31)18-10-22-19(14-36)16-42(3)33(22)37-15-18/h5-6,9-13,15-17H,1,7-8H2,2-4H3,(H,38,43)(H,40,41)/t17-/m1/s1. The van der Waals surface area contributed by atoms with Crippen molar-refractivity contribution in [1.82, 2.24) is 30.0 Å². The SMILES string of the molecule is C=CC(=O)N[C@H](C)c1cc(-c2nc(-c3cnc4c(c3)c(C#N)cn4C)c3ccsc3c2-c2c(F)cc(F)cc2OCCOC)n[nH]1. The molecule has 232 valence electrons. The van der Waals surface area contributed by atoms with Crippen molar-refractivity contribution >= 4 is 38.4 Å². The van der Waals surface area contributed by atoms with Crippen LogP contribution in [0, 0.1) is 23.0 Å². The first-order valence-electron chi connectivity index (χ1n) is 14.1. The topological polar surface area (TPSA) is 131 Å². The molecule has 5 aromatic heterocycles. The molecule has 0 spiro atoms. The van der Waals surface area contributed by atoms with Crippen LogP contribution in [0.4, 0.5) is 8.78 Å². The summed E-state index contributed by atoms with van der Waals surface area (Å²) in [4.78, 5) is 21.7. The van der Waals surface area contributed by atoms with Gasteiger partial charge in [-0.1, -0.05) is 6.58 Å². The van der Waals surface area contributed by atoms with E-state index in [1.165, 1.54) is 24.5 Å². The van der Waals surface area contributed by atoms with Crippen LogP contribution in [-0.4, -0.2) is 51.0 Å². The van der Waals surface area contributed by atoms with E-state index in [4.69, 9.17) is 14.5 Å². The Hall–Kier alpha value is -5.45. The zero-order valence-electron chi connectivity index (χ0n) is 25.0. The summed E-state index contributed by atoms with van der Waals surface area (Å²) in [7, 11) is 3.32. The van der Waals surface area contributed by atoms with E-state index in [1.807, 2.05) is 24.6 Å². The van der Waals surface area contributed by atoms with Crippen LogP contribution in [0.5, 0.6) is 5.75 Å². The van der Waals surface area contributed by atoms with Crippen molar-refractivity contribution in [2.45, 2.75) is 13.0 Å². The van der Waals surface area contributed by atoms with Crippen molar-refractivity contribution in [2.24, 2.45) is 7.05 Å². The van der Waals surface area contributed by atoms with E-state index < -0.39 is 17.7 Å². The first-order valence-corrected chi connectivity index (χ1v) is 15.0. The van der Waals surface area contributed by atoms with Gasteiger partial charge < -0.3 is 19.4 Å². The average molecular weight is 640 g/mol. The number of halogens is 2. The lowest BCUT2D eigenvalue weighted by Gasteiger charge is -2.17. The number of nitrogens with zero attached hydrogens (tertiary/aromatic N) is 5. The average Bonchev–Trinajstić information content (AvgIpc) is 3.80. The van der Waals surface area contributed by atoms with Gasteiger partial charge in [0.05, 0.1) is 35.2 Å². The van der Waals surface area contributed by atoms with Crippen LogP contribution in [0.15, 0.2) is 60.8 Å². The smallest absolute Gasteiger partial charge is 0.243 e. The van der Waals surface area contributed by atoms with E-state index >= 15 is 4.39 Å². The van der Waals surface area contributed by atoms with Gasteiger partial charge in [0, 0.05) is 65.3 Å². The third-order valence-corrected chi connectivity index (χ3v) is 8.41. The number of rotatable bonds is 10. The second-order valence-electron chi connectivity index (χ2n) is 10.5. The molecule has 0 bridgehead atoms. The molecule has 6 rings (SSSR count). The van der Waals surface area contributed by atoms with Crippen molar-refractivity contribution in [2.75, 3.05) is 20.3 Å². The molecule has 1 atom stereocenters. The number of benzene rings is 1. The fourth-order valence-electron chi connectivity index (χ4n) is 5.31. The number of carbonyl (C=O) groups is 1. The van der Waals surface area contributed by atoms with Gasteiger partial charge in [-0.25, -0.2) is 18.7 Å². The molecule has 1 aromatic carbocycles. The number of methoxy groups -OCH3 is 1. The Balaban J connectivity index is 1.63. The van der Waals surface area contributed by atoms with Crippen molar-refractivity contribution in [3.05, 3.63) is 83.7 Å². The van der Waals surface area contributed by atoms with Gasteiger partial charge in [-0.3, -0.25) is 9.89 Å². The summed E-state index contributed by atoms with van der Waals surface area (Å²) < 4.78 is 43.9. The van der Waals surface area contributed by atoms with Gasteiger partial charge in [0.15, 0.2) is 0 Å². The molecule has 0 aliphatic carbocycles. The number of pyridine rings is 2. The number of nitrogens with one attached hydrogen (secondary N) is 2. The van der Waals surface area contributed by atoms with Gasteiger partial charge in [0.1, 0.15) is 47.1 Å². The summed E-state index contributed by atoms with van der Waals surface area (Å²) >= 11 is 1.35. The minimum Gasteiger partial charge on any atom is -0.490 e. The fourth-order valence-corrected chi connectivity index (χ4v) is 6.26. The molecule has 13 heteroatoms. The number of aryl methyl sites for hydroxylation is 1. The summed E-state index contributed by atoms with van der Waals surface area (Å²) in [6, 6.07) is 9.11. The van der Waals surface area contributed by atoms with Crippen LogP contribution in [-0.2, 0) is 16.6 Å². The van der Waals surface area contributed by atoms with E-state index in [2.05, 4.69) is 33.1 Å². The molecule has 6 aromatic rings. The first kappa shape index (κ1) is 30.6. The molecule has 0 aliphatic rings. The zero-order valence-corrected chi connectivity index (χ0v) is 25.8. The lowest BCUT2D eigenvalue weighted by molar-refractivity contribution is -0.117. The molecule has 0 fully saturated rings. The number of amides is 1. The first-order chi connectivity index (χ1) is 22.2. The van der Waals surface area contributed by atoms with Crippen molar-refractivity contribution in [3.8, 4) is 45.6 Å². The van der Waals surface area contributed by atoms with Gasteiger partial charge in [-0.2, -0.15) is 10.4 Å². The van der Waals surface area contributed by atoms with Crippen LogP contribution in [0.25, 0.3) is 54.9 Å². The third-order valence-electron chi connectivity index (χ3n) is 7.48. The number of hydrogen-bond acceptors (Lipinski definition) is 8. The summed E-state index contributed by atoms with van der Waals surface area (Å²) in [5.41, 5.74) is 3.81. The second kappa shape index (κ2) is 12.5. The number of hydrogen-bond donors (Lipinski definition) is 2. The van der Waals surface area contributed by atoms with Gasteiger partial charge in [0.25, 0.3) is 0 Å². The minimum atomic E-state index is -0.841. The number of aromatic amines is 1. The summed E-state index contributed by atoms with van der Waals surface area (Å²) in [6.45, 7) is 5.52. The van der Waals surface area contributed by atoms with E-state index in [1.54, 1.807) is 30.0 Å². The molecule has 10 nitrogen and oxygen atoms in total. The Morgan fingerprint density at radius 1 is 1.22 bits per heavy atom. The Morgan fingerprint density at radius 2 is 2.04 bits per heavy atom. The number of H-pyrrole nitrogens is 1. The highest BCUT2D eigenvalue weighted by atomic mass is 32.1. The summed E-state index contributed by atoms with van der Waals surface area (Å²) in [6.07, 6.45) is 4.55. The van der Waals surface area contributed by atoms with Crippen molar-refractivity contribution in [3.63, 3.8) is 0 Å². The second-order valence-corrected chi connectivity index (χ2v) is 11.4. The maximum Gasteiger partial charge on any atom is 0.243 e. The van der Waals surface area contributed by atoms with Gasteiger partial charge in [-0.05, 0) is 36.6 Å². The lowest BCUT2D eigenvalue weighted by Crippen LogP contribution is -2.24. The summed E-state index contributed by atoms with van der Waals surface area (Å²) in [5.74, 6) is -2.03. The van der Waals surface area contributed by atoms with Gasteiger partial charge >= 0.3 is 0 Å². The van der Waals surface area contributed by atoms with Crippen molar-refractivity contribution < 1.29 is 23.0 Å². The van der Waals surface area contributed by atoms with E-state index in [-0.39, 0.29) is 36.1 Å². The number of thiophene rings is 1. The predicted molar refractivity (Wildman–Crippen MR) is 171 cm³/mol. The molecule has 0 saturated heterocycles. The summed E-state index contributed by atoms with van der Waals surface area (Å²) in [5, 5.41) is 23.2. The Bertz CT molecular complexity index is 2180. The predicted octanol–water partition coefficient (Wildman–Crippen LogP) is 6.45. The largest absolute Gasteiger partial charge is 0.490 e. The Kier molecular flexibility index (Phi) is 8.31. The number of aromatic nitrogens is 5. The third kappa shape index (κ3) is 5.48. The highest BCUT2D eigenvalue weighted by Gasteiger charge is 2.27. The quantitative estimate of drug-likeness (QED) is 0.130. The monoisotopic (exact) mass is 639 g/mol. The molecule has 46 heavy (non-hydrogen) atoms. The number of nitriles is 1. The van der Waals surface area contributed by atoms with E-state index in [0.717, 1.165) is 12.1 Å². The van der Waals surface area contributed by atoms with Crippen LogP contribution in [0.1, 0.15) is 24.2 Å². The van der Waals surface area contributed by atoms with Crippen LogP contribution in [0.3, 0.4) is 0 Å². The normalized spacial score (nSPS) is 11.9. The molecule has 5 heterocycles. The van der Waals surface area contributed by atoms with Gasteiger partial charge in [0.2, 0.25) is 5.91 Å². The zero-order chi connectivity index (χ0) is 32.5. The highest BCUT2D eigenvalue weighted by molar-refractivity contribution is 7.18. The van der Waals surface area contributed by atoms with E-state index in [9.17, 15) is 14.4 Å². The maximum atomic E-state index is 15.9. The Labute approximate surface area is 265 Å².